The molecule has 0 aromatic heterocycles. The second kappa shape index (κ2) is 7.63. The molecule has 21 heavy (non-hydrogen) atoms. The first-order chi connectivity index (χ1) is 10.0. The number of carbonyl (C=O) groups excluding carboxylic acids is 1. The van der Waals surface area contributed by atoms with Crippen molar-refractivity contribution in [3.05, 3.63) is 0 Å². The first kappa shape index (κ1) is 16.8. The van der Waals surface area contributed by atoms with Crippen molar-refractivity contribution in [1.29, 1.82) is 0 Å². The highest BCUT2D eigenvalue weighted by molar-refractivity contribution is 8.06. The summed E-state index contributed by atoms with van der Waals surface area (Å²) in [5.74, 6) is 2.77. The molecule has 2 rings (SSSR count). The van der Waals surface area contributed by atoms with E-state index in [1.165, 1.54) is 5.75 Å². The second-order valence-electron chi connectivity index (χ2n) is 5.99. The minimum atomic E-state index is -1.09. The smallest absolute Gasteiger partial charge is 0.329 e. The van der Waals surface area contributed by atoms with Crippen molar-refractivity contribution in [2.75, 3.05) is 23.8 Å². The van der Waals surface area contributed by atoms with E-state index in [1.54, 1.807) is 0 Å². The summed E-state index contributed by atoms with van der Waals surface area (Å²) in [6, 6.07) is -0.345. The van der Waals surface area contributed by atoms with E-state index < -0.39 is 11.5 Å². The van der Waals surface area contributed by atoms with Gasteiger partial charge in [0.2, 0.25) is 0 Å². The Kier molecular flexibility index (Phi) is 6.10. The van der Waals surface area contributed by atoms with Crippen LogP contribution in [0.5, 0.6) is 0 Å². The number of carbonyl (C=O) groups is 2. The van der Waals surface area contributed by atoms with Gasteiger partial charge in [-0.05, 0) is 18.8 Å². The van der Waals surface area contributed by atoms with Crippen LogP contribution in [0.25, 0.3) is 0 Å². The number of nitrogens with one attached hydrogen (secondary N) is 2. The lowest BCUT2D eigenvalue weighted by Gasteiger charge is -2.37. The second-order valence-corrected chi connectivity index (χ2v) is 8.55. The molecule has 3 unspecified atom stereocenters. The van der Waals surface area contributed by atoms with Gasteiger partial charge in [0.1, 0.15) is 5.54 Å². The maximum absolute atomic E-state index is 12.1. The molecule has 1 heterocycles. The summed E-state index contributed by atoms with van der Waals surface area (Å²) >= 11 is 3.79. The van der Waals surface area contributed by atoms with Gasteiger partial charge in [-0.2, -0.15) is 23.5 Å². The Hall–Kier alpha value is -0.560. The lowest BCUT2D eigenvalue weighted by molar-refractivity contribution is -0.146. The van der Waals surface area contributed by atoms with Crippen molar-refractivity contribution in [1.82, 2.24) is 10.6 Å². The maximum atomic E-state index is 12.1. The van der Waals surface area contributed by atoms with Gasteiger partial charge < -0.3 is 15.7 Å². The number of hydrogen-bond acceptors (Lipinski definition) is 4. The van der Waals surface area contributed by atoms with E-state index in [1.807, 2.05) is 30.4 Å². The summed E-state index contributed by atoms with van der Waals surface area (Å²) in [7, 11) is 0. The van der Waals surface area contributed by atoms with Crippen LogP contribution in [0.1, 0.15) is 32.6 Å². The highest BCUT2D eigenvalue weighted by atomic mass is 32.2. The number of carboxylic acids is 1. The molecule has 3 N–H and O–H groups in total. The van der Waals surface area contributed by atoms with E-state index in [2.05, 4.69) is 10.6 Å². The summed E-state index contributed by atoms with van der Waals surface area (Å²) in [6.45, 7) is 2.65. The Morgan fingerprint density at radius 2 is 2.19 bits per heavy atom. The van der Waals surface area contributed by atoms with Gasteiger partial charge in [0, 0.05) is 29.1 Å². The van der Waals surface area contributed by atoms with Crippen molar-refractivity contribution in [3.8, 4) is 0 Å². The fourth-order valence-corrected chi connectivity index (χ4v) is 5.65. The maximum Gasteiger partial charge on any atom is 0.329 e. The Bertz CT molecular complexity index is 388. The molecule has 2 fully saturated rings. The molecule has 1 aliphatic heterocycles. The van der Waals surface area contributed by atoms with Crippen molar-refractivity contribution in [2.45, 2.75) is 43.4 Å². The summed E-state index contributed by atoms with van der Waals surface area (Å²) in [5.41, 5.74) is -1.09. The van der Waals surface area contributed by atoms with Gasteiger partial charge >= 0.3 is 12.0 Å². The Balaban J connectivity index is 1.84. The normalized spacial score (nSPS) is 33.2. The van der Waals surface area contributed by atoms with Gasteiger partial charge in [-0.15, -0.1) is 0 Å². The van der Waals surface area contributed by atoms with E-state index in [0.29, 0.717) is 30.6 Å². The average molecular weight is 332 g/mol. The standard InChI is InChI=1S/C14H24N2O3S2/c1-10-3-2-4-14(7-10,12(17)18)16-13(19)15-8-11-9-20-5-6-21-11/h10-11H,2-9H2,1H3,(H,17,18)(H2,15,16,19). The van der Waals surface area contributed by atoms with Crippen LogP contribution in [0.15, 0.2) is 0 Å². The summed E-state index contributed by atoms with van der Waals surface area (Å²) < 4.78 is 0. The average Bonchev–Trinajstić information content (AvgIpc) is 2.46. The van der Waals surface area contributed by atoms with Crippen LogP contribution in [0, 0.1) is 5.92 Å². The molecule has 0 aromatic rings. The molecule has 1 saturated heterocycles. The van der Waals surface area contributed by atoms with Crippen LogP contribution in [0.2, 0.25) is 0 Å². The van der Waals surface area contributed by atoms with E-state index in [9.17, 15) is 14.7 Å². The minimum absolute atomic E-state index is 0.334. The van der Waals surface area contributed by atoms with E-state index in [0.717, 1.165) is 24.3 Å². The quantitative estimate of drug-likeness (QED) is 0.735. The summed E-state index contributed by atoms with van der Waals surface area (Å²) in [5, 5.41) is 15.5. The third-order valence-corrected chi connectivity index (χ3v) is 6.98. The van der Waals surface area contributed by atoms with Crippen LogP contribution in [0.4, 0.5) is 4.79 Å². The minimum Gasteiger partial charge on any atom is -0.480 e. The van der Waals surface area contributed by atoms with Gasteiger partial charge in [-0.25, -0.2) is 9.59 Å². The van der Waals surface area contributed by atoms with E-state index >= 15 is 0 Å². The molecule has 3 atom stereocenters. The Morgan fingerprint density at radius 3 is 2.81 bits per heavy atom. The number of thioether (sulfide) groups is 2. The van der Waals surface area contributed by atoms with Crippen molar-refractivity contribution in [2.24, 2.45) is 5.92 Å². The van der Waals surface area contributed by atoms with Gasteiger partial charge in [-0.1, -0.05) is 19.8 Å². The van der Waals surface area contributed by atoms with Crippen LogP contribution < -0.4 is 10.6 Å². The molecule has 0 spiro atoms. The van der Waals surface area contributed by atoms with Crippen LogP contribution >= 0.6 is 23.5 Å². The van der Waals surface area contributed by atoms with Crippen LogP contribution in [-0.2, 0) is 4.79 Å². The van der Waals surface area contributed by atoms with Gasteiger partial charge in [0.15, 0.2) is 0 Å². The fraction of sp³-hybridized carbons (Fsp3) is 0.857. The van der Waals surface area contributed by atoms with Gasteiger partial charge in [0.25, 0.3) is 0 Å². The molecular weight excluding hydrogens is 308 g/mol. The summed E-state index contributed by atoms with van der Waals surface area (Å²) in [6.07, 6.45) is 2.93. The lowest BCUT2D eigenvalue weighted by atomic mass is 9.76. The lowest BCUT2D eigenvalue weighted by Crippen LogP contribution is -2.59. The molecule has 5 nitrogen and oxygen atoms in total. The highest BCUT2D eigenvalue weighted by Crippen LogP contribution is 2.32. The largest absolute Gasteiger partial charge is 0.480 e. The number of hydrogen-bond donors (Lipinski definition) is 3. The topological polar surface area (TPSA) is 78.4 Å². The van der Waals surface area contributed by atoms with Gasteiger partial charge in [0.05, 0.1) is 0 Å². The monoisotopic (exact) mass is 332 g/mol. The van der Waals surface area contributed by atoms with E-state index in [-0.39, 0.29) is 6.03 Å². The zero-order chi connectivity index (χ0) is 15.3. The predicted octanol–water partition coefficient (Wildman–Crippen LogP) is 2.17. The first-order valence-electron chi connectivity index (χ1n) is 7.50. The number of carboxylic acid groups (broad SMARTS) is 1. The Labute approximate surface area is 134 Å². The molecule has 0 bridgehead atoms. The van der Waals surface area contributed by atoms with E-state index in [4.69, 9.17) is 0 Å². The first-order valence-corrected chi connectivity index (χ1v) is 9.71. The molecule has 0 aromatic carbocycles. The zero-order valence-corrected chi connectivity index (χ0v) is 14.0. The fourth-order valence-electron chi connectivity index (χ4n) is 3.04. The SMILES string of the molecule is CC1CCCC(NC(=O)NCC2CSCCS2)(C(=O)O)C1. The molecule has 2 aliphatic rings. The number of aliphatic carboxylic acids is 1. The number of rotatable bonds is 4. The highest BCUT2D eigenvalue weighted by Gasteiger charge is 2.43. The number of urea groups is 1. The molecule has 1 aliphatic carbocycles. The van der Waals surface area contributed by atoms with Crippen LogP contribution in [-0.4, -0.2) is 51.7 Å². The zero-order valence-electron chi connectivity index (χ0n) is 12.4. The summed E-state index contributed by atoms with van der Waals surface area (Å²) in [4.78, 5) is 23.7. The van der Waals surface area contributed by atoms with Crippen molar-refractivity contribution in [3.63, 3.8) is 0 Å². The molecule has 1 saturated carbocycles. The van der Waals surface area contributed by atoms with Crippen molar-refractivity contribution < 1.29 is 14.7 Å². The molecule has 0 radical (unpaired) electrons. The molecule has 120 valence electrons. The van der Waals surface area contributed by atoms with Gasteiger partial charge in [-0.3, -0.25) is 0 Å². The van der Waals surface area contributed by atoms with Crippen molar-refractivity contribution >= 4 is 35.5 Å². The third-order valence-electron chi connectivity index (χ3n) is 4.13. The molecular formula is C14H24N2O3S2. The number of amides is 2. The Morgan fingerprint density at radius 1 is 1.38 bits per heavy atom. The predicted molar refractivity (Wildman–Crippen MR) is 88.1 cm³/mol. The molecule has 7 heteroatoms. The van der Waals surface area contributed by atoms with Crippen LogP contribution in [0.3, 0.4) is 0 Å². The third kappa shape index (κ3) is 4.71. The molecule has 2 amide bonds.